The molecule has 0 radical (unpaired) electrons. The van der Waals surface area contributed by atoms with E-state index in [0.29, 0.717) is 18.8 Å². The van der Waals surface area contributed by atoms with E-state index in [1.807, 2.05) is 24.9 Å². The number of aryl methyl sites for hydroxylation is 2. The van der Waals surface area contributed by atoms with Crippen molar-refractivity contribution in [2.75, 3.05) is 37.0 Å². The number of hydrogen-bond donors (Lipinski definition) is 2. The van der Waals surface area contributed by atoms with Crippen LogP contribution in [0.5, 0.6) is 0 Å². The summed E-state index contributed by atoms with van der Waals surface area (Å²) in [7, 11) is 1.62. The van der Waals surface area contributed by atoms with Crippen molar-refractivity contribution < 1.29 is 13.5 Å². The molecule has 1 aromatic heterocycles. The molecule has 1 fully saturated rings. The molecule has 0 amide bonds. The fourth-order valence-corrected chi connectivity index (χ4v) is 4.26. The summed E-state index contributed by atoms with van der Waals surface area (Å²) in [4.78, 5) is 6.27. The topological polar surface area (TPSA) is 49.4 Å². The number of methoxy groups -OCH3 is 1. The van der Waals surface area contributed by atoms with Gasteiger partial charge in [0.25, 0.3) is 0 Å². The van der Waals surface area contributed by atoms with Crippen molar-refractivity contribution in [3.8, 4) is 0 Å². The number of hydrogen-bond acceptors (Lipinski definition) is 5. The number of benzene rings is 1. The minimum Gasteiger partial charge on any atom is -0.385 e. The Morgan fingerprint density at radius 3 is 2.55 bits per heavy atom. The molecule has 1 unspecified atom stereocenters. The van der Waals surface area contributed by atoms with Crippen LogP contribution in [-0.2, 0) is 4.74 Å². The third kappa shape index (κ3) is 6.11. The van der Waals surface area contributed by atoms with E-state index < -0.39 is 11.6 Å². The van der Waals surface area contributed by atoms with E-state index in [9.17, 15) is 8.78 Å². The summed E-state index contributed by atoms with van der Waals surface area (Å²) in [6, 6.07) is 4.82. The number of nitrogens with zero attached hydrogens (tertiary/aromatic N) is 2. The Bertz CT molecular complexity index is 985. The van der Waals surface area contributed by atoms with Crippen LogP contribution in [-0.4, -0.2) is 37.8 Å². The SMILES string of the molecule is C=C(NCCCCNc1ncc(C)cc1C)c1c(F)cc(N2C(=C)CCC2COC)cc1F. The first-order chi connectivity index (χ1) is 15.8. The smallest absolute Gasteiger partial charge is 0.137 e. The quantitative estimate of drug-likeness (QED) is 0.434. The van der Waals surface area contributed by atoms with Crippen molar-refractivity contribution in [1.82, 2.24) is 10.3 Å². The summed E-state index contributed by atoms with van der Waals surface area (Å²) in [5.41, 5.74) is 3.66. The molecule has 1 aliphatic rings. The van der Waals surface area contributed by atoms with Gasteiger partial charge in [0, 0.05) is 43.5 Å². The van der Waals surface area contributed by atoms with Crippen LogP contribution in [0.15, 0.2) is 43.3 Å². The maximum absolute atomic E-state index is 14.9. The molecule has 0 saturated carbocycles. The zero-order valence-electron chi connectivity index (χ0n) is 19.8. The molecule has 0 bridgehead atoms. The first-order valence-corrected chi connectivity index (χ1v) is 11.4. The lowest BCUT2D eigenvalue weighted by molar-refractivity contribution is 0.181. The summed E-state index contributed by atoms with van der Waals surface area (Å²) in [6.45, 7) is 13.8. The lowest BCUT2D eigenvalue weighted by atomic mass is 10.1. The summed E-state index contributed by atoms with van der Waals surface area (Å²) < 4.78 is 35.0. The Labute approximate surface area is 195 Å². The van der Waals surface area contributed by atoms with E-state index in [1.54, 1.807) is 7.11 Å². The molecule has 1 atom stereocenters. The van der Waals surface area contributed by atoms with Crippen molar-refractivity contribution in [1.29, 1.82) is 0 Å². The first kappa shape index (κ1) is 24.7. The maximum Gasteiger partial charge on any atom is 0.137 e. The zero-order chi connectivity index (χ0) is 24.0. The molecule has 1 aromatic carbocycles. The van der Waals surface area contributed by atoms with Crippen LogP contribution in [0.25, 0.3) is 5.70 Å². The van der Waals surface area contributed by atoms with Crippen LogP contribution in [0.3, 0.4) is 0 Å². The predicted octanol–water partition coefficient (Wildman–Crippen LogP) is 5.56. The molecule has 0 aliphatic carbocycles. The molecular weight excluding hydrogens is 422 g/mol. The highest BCUT2D eigenvalue weighted by atomic mass is 19.1. The number of pyridine rings is 1. The molecule has 5 nitrogen and oxygen atoms in total. The van der Waals surface area contributed by atoms with E-state index >= 15 is 0 Å². The molecule has 1 aliphatic heterocycles. The van der Waals surface area contributed by atoms with Crippen molar-refractivity contribution in [2.45, 2.75) is 45.6 Å². The number of anilines is 2. The van der Waals surface area contributed by atoms with Gasteiger partial charge in [0.05, 0.1) is 18.2 Å². The van der Waals surface area contributed by atoms with Crippen LogP contribution in [0.2, 0.25) is 0 Å². The second kappa shape index (κ2) is 11.3. The van der Waals surface area contributed by atoms with Crippen LogP contribution in [0, 0.1) is 25.5 Å². The average Bonchev–Trinajstić information content (AvgIpc) is 3.11. The highest BCUT2D eigenvalue weighted by Crippen LogP contribution is 2.35. The monoisotopic (exact) mass is 456 g/mol. The number of ether oxygens (including phenoxy) is 1. The highest BCUT2D eigenvalue weighted by Gasteiger charge is 2.29. The van der Waals surface area contributed by atoms with Crippen LogP contribution >= 0.6 is 0 Å². The number of allylic oxidation sites excluding steroid dienone is 1. The third-order valence-electron chi connectivity index (χ3n) is 5.89. The number of halogens is 2. The molecule has 0 spiro atoms. The molecule has 1 saturated heterocycles. The van der Waals surface area contributed by atoms with Crippen molar-refractivity contribution in [3.63, 3.8) is 0 Å². The van der Waals surface area contributed by atoms with Gasteiger partial charge in [-0.25, -0.2) is 13.8 Å². The molecule has 2 aromatic rings. The normalized spacial score (nSPS) is 15.7. The van der Waals surface area contributed by atoms with Crippen molar-refractivity contribution in [2.24, 2.45) is 0 Å². The molecular formula is C26H34F2N4O. The van der Waals surface area contributed by atoms with E-state index in [4.69, 9.17) is 4.74 Å². The largest absolute Gasteiger partial charge is 0.385 e. The molecule has 3 rings (SSSR count). The Morgan fingerprint density at radius 2 is 1.88 bits per heavy atom. The van der Waals surface area contributed by atoms with E-state index in [0.717, 1.165) is 54.9 Å². The van der Waals surface area contributed by atoms with Gasteiger partial charge in [-0.2, -0.15) is 0 Å². The van der Waals surface area contributed by atoms with E-state index in [-0.39, 0.29) is 17.3 Å². The molecule has 33 heavy (non-hydrogen) atoms. The first-order valence-electron chi connectivity index (χ1n) is 11.4. The maximum atomic E-state index is 14.9. The lowest BCUT2D eigenvalue weighted by Gasteiger charge is -2.28. The predicted molar refractivity (Wildman–Crippen MR) is 131 cm³/mol. The van der Waals surface area contributed by atoms with Gasteiger partial charge in [-0.1, -0.05) is 19.2 Å². The molecule has 7 heteroatoms. The van der Waals surface area contributed by atoms with Gasteiger partial charge < -0.3 is 20.3 Å². The highest BCUT2D eigenvalue weighted by molar-refractivity contribution is 5.67. The minimum atomic E-state index is -0.638. The summed E-state index contributed by atoms with van der Waals surface area (Å²) in [5.74, 6) is -0.391. The molecule has 178 valence electrons. The van der Waals surface area contributed by atoms with Crippen LogP contribution < -0.4 is 15.5 Å². The Kier molecular flexibility index (Phi) is 8.44. The van der Waals surface area contributed by atoms with Gasteiger partial charge in [0.1, 0.15) is 17.5 Å². The van der Waals surface area contributed by atoms with Crippen molar-refractivity contribution in [3.05, 3.63) is 71.6 Å². The third-order valence-corrected chi connectivity index (χ3v) is 5.89. The number of unbranched alkanes of at least 4 members (excludes halogenated alkanes) is 1. The van der Waals surface area contributed by atoms with Gasteiger partial charge >= 0.3 is 0 Å². The van der Waals surface area contributed by atoms with E-state index in [2.05, 4.69) is 34.8 Å². The van der Waals surface area contributed by atoms with Crippen molar-refractivity contribution >= 4 is 17.2 Å². The number of rotatable bonds is 11. The number of nitrogens with one attached hydrogen (secondary N) is 2. The van der Waals surface area contributed by atoms with Gasteiger partial charge in [0.15, 0.2) is 0 Å². The molecule has 2 N–H and O–H groups in total. The zero-order valence-corrected chi connectivity index (χ0v) is 19.8. The Morgan fingerprint density at radius 1 is 1.18 bits per heavy atom. The van der Waals surface area contributed by atoms with Crippen LogP contribution in [0.4, 0.5) is 20.3 Å². The van der Waals surface area contributed by atoms with E-state index in [1.165, 1.54) is 12.1 Å². The van der Waals surface area contributed by atoms with Gasteiger partial charge in [0.2, 0.25) is 0 Å². The molecule has 2 heterocycles. The Balaban J connectivity index is 1.52. The Hall–Kier alpha value is -2.93. The number of aromatic nitrogens is 1. The van der Waals surface area contributed by atoms with Gasteiger partial charge in [-0.3, -0.25) is 0 Å². The second-order valence-corrected chi connectivity index (χ2v) is 8.59. The minimum absolute atomic E-state index is 0.0287. The van der Waals surface area contributed by atoms with Crippen LogP contribution in [0.1, 0.15) is 42.4 Å². The lowest BCUT2D eigenvalue weighted by Crippen LogP contribution is -2.31. The second-order valence-electron chi connectivity index (χ2n) is 8.59. The summed E-state index contributed by atoms with van der Waals surface area (Å²) in [6.07, 6.45) is 5.18. The van der Waals surface area contributed by atoms with Gasteiger partial charge in [-0.05, 0) is 62.8 Å². The fourth-order valence-electron chi connectivity index (χ4n) is 4.26. The fraction of sp³-hybridized carbons (Fsp3) is 0.423. The summed E-state index contributed by atoms with van der Waals surface area (Å²) in [5, 5.41) is 6.38. The standard InChI is InChI=1S/C26H34F2N4O/c1-17-12-18(2)26(31-15-17)30-11-7-6-10-29-20(4)25-23(27)13-22(14-24(25)28)32-19(3)8-9-21(32)16-33-5/h12-15,21,29H,3-4,6-11,16H2,1-2,5H3,(H,30,31). The summed E-state index contributed by atoms with van der Waals surface area (Å²) >= 11 is 0. The van der Waals surface area contributed by atoms with Gasteiger partial charge in [-0.15, -0.1) is 0 Å². The average molecular weight is 457 g/mol.